The fourth-order valence-corrected chi connectivity index (χ4v) is 4.75. The molecule has 1 N–H and O–H groups in total. The first-order chi connectivity index (χ1) is 13.7. The van der Waals surface area contributed by atoms with Crippen LogP contribution in [0.4, 0.5) is 5.69 Å². The van der Waals surface area contributed by atoms with Crippen molar-refractivity contribution in [3.63, 3.8) is 0 Å². The van der Waals surface area contributed by atoms with Gasteiger partial charge in [0.2, 0.25) is 0 Å². The van der Waals surface area contributed by atoms with Gasteiger partial charge in [-0.1, -0.05) is 0 Å². The Morgan fingerprint density at radius 2 is 1.86 bits per heavy atom. The fourth-order valence-electron chi connectivity index (χ4n) is 2.60. The Kier molecular flexibility index (Phi) is 5.85. The van der Waals surface area contributed by atoms with Gasteiger partial charge in [0.1, 0.15) is 5.01 Å². The highest BCUT2D eigenvalue weighted by Gasteiger charge is 2.08. The maximum atomic E-state index is 12.5. The molecule has 4 aromatic rings. The Hall–Kier alpha value is -2.48. The zero-order valence-electron chi connectivity index (χ0n) is 15.1. The van der Waals surface area contributed by atoms with Crippen LogP contribution < -0.4 is 5.32 Å². The van der Waals surface area contributed by atoms with Gasteiger partial charge in [-0.15, -0.1) is 34.4 Å². The van der Waals surface area contributed by atoms with E-state index in [1.165, 1.54) is 0 Å². The van der Waals surface area contributed by atoms with Crippen molar-refractivity contribution >= 4 is 46.0 Å². The van der Waals surface area contributed by atoms with Crippen LogP contribution in [0.15, 0.2) is 70.4 Å². The van der Waals surface area contributed by atoms with Crippen molar-refractivity contribution in [3.8, 4) is 10.6 Å². The minimum atomic E-state index is -0.117. The molecule has 0 aliphatic heterocycles. The molecule has 1 amide bonds. The van der Waals surface area contributed by atoms with E-state index in [0.717, 1.165) is 37.6 Å². The molecule has 7 heteroatoms. The van der Waals surface area contributed by atoms with E-state index in [-0.39, 0.29) is 5.91 Å². The molecular formula is C21H17N3OS3. The van der Waals surface area contributed by atoms with E-state index in [1.807, 2.05) is 60.8 Å². The highest BCUT2D eigenvalue weighted by Crippen LogP contribution is 2.25. The number of anilines is 1. The number of aromatic nitrogens is 2. The molecule has 0 unspecified atom stereocenters. The van der Waals surface area contributed by atoms with Crippen LogP contribution in [0.5, 0.6) is 0 Å². The number of rotatable bonds is 6. The number of nitrogens with zero attached hydrogens (tertiary/aromatic N) is 2. The second kappa shape index (κ2) is 8.68. The Labute approximate surface area is 175 Å². The molecular weight excluding hydrogens is 406 g/mol. The van der Waals surface area contributed by atoms with Crippen LogP contribution in [0.25, 0.3) is 10.6 Å². The van der Waals surface area contributed by atoms with Gasteiger partial charge in [-0.25, -0.2) is 9.97 Å². The number of hydrogen-bond donors (Lipinski definition) is 1. The monoisotopic (exact) mass is 423 g/mol. The number of thiazole rings is 2. The molecule has 0 aliphatic rings. The topological polar surface area (TPSA) is 54.9 Å². The Morgan fingerprint density at radius 3 is 2.50 bits per heavy atom. The standard InChI is InChI=1S/C21H17N3OS3/c1-14-23-18(12-27-14)13-28-19-8-4-15(5-9-19)20(25)24-17-6-2-16(3-7-17)21-22-10-11-26-21/h2-12H,13H2,1H3,(H,24,25). The summed E-state index contributed by atoms with van der Waals surface area (Å²) in [6.45, 7) is 2.01. The molecule has 0 bridgehead atoms. The van der Waals surface area contributed by atoms with Crippen molar-refractivity contribution in [2.45, 2.75) is 17.6 Å². The zero-order chi connectivity index (χ0) is 19.3. The molecule has 2 aromatic carbocycles. The summed E-state index contributed by atoms with van der Waals surface area (Å²) < 4.78 is 0. The van der Waals surface area contributed by atoms with E-state index in [9.17, 15) is 4.79 Å². The summed E-state index contributed by atoms with van der Waals surface area (Å²) in [5.74, 6) is 0.718. The number of aryl methyl sites for hydroxylation is 1. The largest absolute Gasteiger partial charge is 0.322 e. The van der Waals surface area contributed by atoms with Crippen LogP contribution in [-0.2, 0) is 5.75 Å². The Bertz CT molecular complexity index is 1060. The van der Waals surface area contributed by atoms with Gasteiger partial charge in [0.25, 0.3) is 5.91 Å². The predicted molar refractivity (Wildman–Crippen MR) is 118 cm³/mol. The lowest BCUT2D eigenvalue weighted by Gasteiger charge is -2.07. The third-order valence-electron chi connectivity index (χ3n) is 3.99. The van der Waals surface area contributed by atoms with Crippen molar-refractivity contribution < 1.29 is 4.79 Å². The number of carbonyl (C=O) groups is 1. The van der Waals surface area contributed by atoms with Crippen molar-refractivity contribution in [1.82, 2.24) is 9.97 Å². The molecule has 4 rings (SSSR count). The third-order valence-corrected chi connectivity index (χ3v) is 6.68. The maximum absolute atomic E-state index is 12.5. The van der Waals surface area contributed by atoms with Gasteiger partial charge >= 0.3 is 0 Å². The lowest BCUT2D eigenvalue weighted by molar-refractivity contribution is 0.102. The summed E-state index contributed by atoms with van der Waals surface area (Å²) in [4.78, 5) is 22.4. The molecule has 2 aromatic heterocycles. The summed E-state index contributed by atoms with van der Waals surface area (Å²) in [6.07, 6.45) is 1.79. The second-order valence-electron chi connectivity index (χ2n) is 6.04. The van der Waals surface area contributed by atoms with Crippen molar-refractivity contribution in [3.05, 3.63) is 81.8 Å². The number of hydrogen-bond acceptors (Lipinski definition) is 6. The summed E-state index contributed by atoms with van der Waals surface area (Å²) in [5, 5.41) is 9.03. The number of thioether (sulfide) groups is 1. The molecule has 2 heterocycles. The van der Waals surface area contributed by atoms with Gasteiger partial charge in [-0.3, -0.25) is 4.79 Å². The van der Waals surface area contributed by atoms with Crippen LogP contribution in [0.2, 0.25) is 0 Å². The van der Waals surface area contributed by atoms with E-state index in [0.29, 0.717) is 5.56 Å². The fraction of sp³-hybridized carbons (Fsp3) is 0.0952. The number of carbonyl (C=O) groups excluding carboxylic acids is 1. The van der Waals surface area contributed by atoms with Gasteiger partial charge in [0, 0.05) is 44.4 Å². The molecule has 0 radical (unpaired) electrons. The van der Waals surface area contributed by atoms with Crippen molar-refractivity contribution in [2.75, 3.05) is 5.32 Å². The Morgan fingerprint density at radius 1 is 1.07 bits per heavy atom. The minimum absolute atomic E-state index is 0.117. The van der Waals surface area contributed by atoms with Gasteiger partial charge < -0.3 is 5.32 Å². The molecule has 0 spiro atoms. The molecule has 0 atom stereocenters. The highest BCUT2D eigenvalue weighted by molar-refractivity contribution is 7.98. The first kappa shape index (κ1) is 18.9. The first-order valence-corrected chi connectivity index (χ1v) is 11.4. The van der Waals surface area contributed by atoms with Crippen LogP contribution in [0, 0.1) is 6.92 Å². The summed E-state index contributed by atoms with van der Waals surface area (Å²) in [5.41, 5.74) is 3.54. The van der Waals surface area contributed by atoms with Crippen molar-refractivity contribution in [2.24, 2.45) is 0 Å². The van der Waals surface area contributed by atoms with E-state index >= 15 is 0 Å². The average Bonchev–Trinajstić information content (AvgIpc) is 3.39. The van der Waals surface area contributed by atoms with E-state index in [4.69, 9.17) is 0 Å². The van der Waals surface area contributed by atoms with Crippen LogP contribution in [0.3, 0.4) is 0 Å². The molecule has 28 heavy (non-hydrogen) atoms. The van der Waals surface area contributed by atoms with E-state index < -0.39 is 0 Å². The molecule has 0 saturated carbocycles. The quantitative estimate of drug-likeness (QED) is 0.380. The summed E-state index contributed by atoms with van der Waals surface area (Å²) in [6, 6.07) is 15.4. The van der Waals surface area contributed by atoms with Crippen molar-refractivity contribution in [1.29, 1.82) is 0 Å². The smallest absolute Gasteiger partial charge is 0.255 e. The lowest BCUT2D eigenvalue weighted by atomic mass is 10.2. The van der Waals surface area contributed by atoms with E-state index in [2.05, 4.69) is 20.7 Å². The molecule has 4 nitrogen and oxygen atoms in total. The van der Waals surface area contributed by atoms with Crippen LogP contribution in [-0.4, -0.2) is 15.9 Å². The predicted octanol–water partition coefficient (Wildman–Crippen LogP) is 6.12. The van der Waals surface area contributed by atoms with Gasteiger partial charge in [-0.2, -0.15) is 0 Å². The normalized spacial score (nSPS) is 10.8. The molecule has 0 aliphatic carbocycles. The minimum Gasteiger partial charge on any atom is -0.322 e. The number of benzene rings is 2. The summed E-state index contributed by atoms with van der Waals surface area (Å²) in [7, 11) is 0. The third kappa shape index (κ3) is 4.67. The zero-order valence-corrected chi connectivity index (χ0v) is 17.5. The number of nitrogens with one attached hydrogen (secondary N) is 1. The first-order valence-electron chi connectivity index (χ1n) is 8.62. The Balaban J connectivity index is 1.35. The highest BCUT2D eigenvalue weighted by atomic mass is 32.2. The van der Waals surface area contributed by atoms with Crippen LogP contribution >= 0.6 is 34.4 Å². The molecule has 0 saturated heterocycles. The average molecular weight is 424 g/mol. The summed E-state index contributed by atoms with van der Waals surface area (Å²) >= 11 is 4.98. The molecule has 140 valence electrons. The van der Waals surface area contributed by atoms with Gasteiger partial charge in [0.15, 0.2) is 0 Å². The maximum Gasteiger partial charge on any atom is 0.255 e. The van der Waals surface area contributed by atoms with Gasteiger partial charge in [0.05, 0.1) is 10.7 Å². The van der Waals surface area contributed by atoms with Gasteiger partial charge in [-0.05, 0) is 55.5 Å². The second-order valence-corrected chi connectivity index (χ2v) is 9.05. The molecule has 0 fully saturated rings. The SMILES string of the molecule is Cc1nc(CSc2ccc(C(=O)Nc3ccc(-c4nccs4)cc3)cc2)cs1. The lowest BCUT2D eigenvalue weighted by Crippen LogP contribution is -2.11. The number of amides is 1. The van der Waals surface area contributed by atoms with Crippen LogP contribution in [0.1, 0.15) is 21.1 Å². The van der Waals surface area contributed by atoms with E-state index in [1.54, 1.807) is 40.6 Å².